The molecule has 2 aromatic carbocycles. The minimum Gasteiger partial charge on any atom is -0.497 e. The van der Waals surface area contributed by atoms with Crippen molar-refractivity contribution in [3.05, 3.63) is 65.7 Å². The number of nitrogens with one attached hydrogen (secondary N) is 1. The number of rotatable bonds is 6. The molecule has 4 nitrogen and oxygen atoms in total. The van der Waals surface area contributed by atoms with Crippen molar-refractivity contribution in [3.63, 3.8) is 0 Å². The Kier molecular flexibility index (Phi) is 5.35. The standard InChI is InChI=1S/C17H19NO3/c1-21-16-9-7-13(8-10-16)11-15(12-19)18-17(20)14-5-3-2-4-6-14/h2-10,15,19H,11-12H2,1H3,(H,18,20). The number of aliphatic hydroxyl groups excluding tert-OH is 1. The summed E-state index contributed by atoms with van der Waals surface area (Å²) in [4.78, 5) is 12.1. The van der Waals surface area contributed by atoms with Gasteiger partial charge >= 0.3 is 0 Å². The molecule has 0 bridgehead atoms. The first-order valence-corrected chi connectivity index (χ1v) is 6.82. The highest BCUT2D eigenvalue weighted by atomic mass is 16.5. The second kappa shape index (κ2) is 7.45. The van der Waals surface area contributed by atoms with Gasteiger partial charge in [0.15, 0.2) is 0 Å². The molecule has 21 heavy (non-hydrogen) atoms. The van der Waals surface area contributed by atoms with Gasteiger partial charge in [-0.3, -0.25) is 4.79 Å². The lowest BCUT2D eigenvalue weighted by molar-refractivity contribution is 0.0916. The van der Waals surface area contributed by atoms with Crippen molar-refractivity contribution in [2.24, 2.45) is 0 Å². The summed E-state index contributed by atoms with van der Waals surface area (Å²) in [6, 6.07) is 16.2. The first-order valence-electron chi connectivity index (χ1n) is 6.82. The molecule has 2 rings (SSSR count). The number of hydrogen-bond donors (Lipinski definition) is 2. The second-order valence-corrected chi connectivity index (χ2v) is 4.77. The van der Waals surface area contributed by atoms with Gasteiger partial charge in [0.25, 0.3) is 5.91 Å². The van der Waals surface area contributed by atoms with Gasteiger partial charge in [0, 0.05) is 5.56 Å². The van der Waals surface area contributed by atoms with Crippen molar-refractivity contribution in [2.45, 2.75) is 12.5 Å². The summed E-state index contributed by atoms with van der Waals surface area (Å²) in [5.41, 5.74) is 1.62. The molecular weight excluding hydrogens is 266 g/mol. The van der Waals surface area contributed by atoms with E-state index in [-0.39, 0.29) is 18.6 Å². The first-order chi connectivity index (χ1) is 10.2. The van der Waals surface area contributed by atoms with E-state index < -0.39 is 0 Å². The lowest BCUT2D eigenvalue weighted by Crippen LogP contribution is -2.39. The van der Waals surface area contributed by atoms with Crippen LogP contribution in [-0.2, 0) is 6.42 Å². The summed E-state index contributed by atoms with van der Waals surface area (Å²) in [5.74, 6) is 0.607. The fraction of sp³-hybridized carbons (Fsp3) is 0.235. The largest absolute Gasteiger partial charge is 0.497 e. The highest BCUT2D eigenvalue weighted by Gasteiger charge is 2.13. The maximum atomic E-state index is 12.1. The molecular formula is C17H19NO3. The van der Waals surface area contributed by atoms with Gasteiger partial charge in [0.2, 0.25) is 0 Å². The molecule has 0 aliphatic heterocycles. The smallest absolute Gasteiger partial charge is 0.251 e. The fourth-order valence-corrected chi connectivity index (χ4v) is 2.07. The van der Waals surface area contributed by atoms with Crippen LogP contribution in [0.4, 0.5) is 0 Å². The minimum absolute atomic E-state index is 0.107. The van der Waals surface area contributed by atoms with Crippen LogP contribution in [0.1, 0.15) is 15.9 Å². The third-order valence-corrected chi connectivity index (χ3v) is 3.23. The lowest BCUT2D eigenvalue weighted by Gasteiger charge is -2.16. The normalized spacial score (nSPS) is 11.7. The molecule has 2 aromatic rings. The van der Waals surface area contributed by atoms with Crippen LogP contribution in [-0.4, -0.2) is 30.8 Å². The molecule has 1 unspecified atom stereocenters. The van der Waals surface area contributed by atoms with Crippen LogP contribution in [0.2, 0.25) is 0 Å². The van der Waals surface area contributed by atoms with Crippen LogP contribution in [0.5, 0.6) is 5.75 Å². The van der Waals surface area contributed by atoms with Gasteiger partial charge in [-0.15, -0.1) is 0 Å². The quantitative estimate of drug-likeness (QED) is 0.854. The molecule has 0 heterocycles. The Balaban J connectivity index is 1.98. The topological polar surface area (TPSA) is 58.6 Å². The summed E-state index contributed by atoms with van der Waals surface area (Å²) >= 11 is 0. The number of ether oxygens (including phenoxy) is 1. The number of carbonyl (C=O) groups is 1. The van der Waals surface area contributed by atoms with Gasteiger partial charge in [0.05, 0.1) is 19.8 Å². The van der Waals surface area contributed by atoms with Crippen molar-refractivity contribution in [1.82, 2.24) is 5.32 Å². The molecule has 1 amide bonds. The Morgan fingerprint density at radius 1 is 1.14 bits per heavy atom. The van der Waals surface area contributed by atoms with Crippen LogP contribution in [0.3, 0.4) is 0 Å². The summed E-state index contributed by atoms with van der Waals surface area (Å²) in [6.07, 6.45) is 0.569. The average Bonchev–Trinajstić information content (AvgIpc) is 2.55. The number of aliphatic hydroxyl groups is 1. The molecule has 0 aliphatic rings. The van der Waals surface area contributed by atoms with Gasteiger partial charge < -0.3 is 15.2 Å². The van der Waals surface area contributed by atoms with Gasteiger partial charge in [0.1, 0.15) is 5.75 Å². The van der Waals surface area contributed by atoms with E-state index in [1.807, 2.05) is 42.5 Å². The van der Waals surface area contributed by atoms with Gasteiger partial charge in [-0.25, -0.2) is 0 Å². The molecule has 4 heteroatoms. The highest BCUT2D eigenvalue weighted by Crippen LogP contribution is 2.13. The Bertz CT molecular complexity index is 566. The molecule has 0 aliphatic carbocycles. The van der Waals surface area contributed by atoms with E-state index in [1.165, 1.54) is 0 Å². The van der Waals surface area contributed by atoms with Gasteiger partial charge in [-0.05, 0) is 36.2 Å². The van der Waals surface area contributed by atoms with E-state index in [0.717, 1.165) is 11.3 Å². The highest BCUT2D eigenvalue weighted by molar-refractivity contribution is 5.94. The number of benzene rings is 2. The Hall–Kier alpha value is -2.33. The zero-order valence-electron chi connectivity index (χ0n) is 12.0. The van der Waals surface area contributed by atoms with Gasteiger partial charge in [-0.1, -0.05) is 30.3 Å². The summed E-state index contributed by atoms with van der Waals surface area (Å²) < 4.78 is 5.10. The Morgan fingerprint density at radius 2 is 1.81 bits per heavy atom. The zero-order valence-corrected chi connectivity index (χ0v) is 12.0. The molecule has 0 saturated heterocycles. The van der Waals surface area contributed by atoms with Crippen molar-refractivity contribution < 1.29 is 14.6 Å². The second-order valence-electron chi connectivity index (χ2n) is 4.77. The monoisotopic (exact) mass is 285 g/mol. The first kappa shape index (κ1) is 15.1. The van der Waals surface area contributed by atoms with Crippen molar-refractivity contribution in [1.29, 1.82) is 0 Å². The third-order valence-electron chi connectivity index (χ3n) is 3.23. The van der Waals surface area contributed by atoms with Crippen LogP contribution >= 0.6 is 0 Å². The maximum Gasteiger partial charge on any atom is 0.251 e. The summed E-state index contributed by atoms with van der Waals surface area (Å²) in [7, 11) is 1.62. The lowest BCUT2D eigenvalue weighted by atomic mass is 10.1. The third kappa shape index (κ3) is 4.33. The summed E-state index contributed by atoms with van der Waals surface area (Å²) in [5, 5.41) is 12.3. The molecule has 0 radical (unpaired) electrons. The summed E-state index contributed by atoms with van der Waals surface area (Å²) in [6.45, 7) is -0.107. The van der Waals surface area contributed by atoms with Crippen LogP contribution in [0, 0.1) is 0 Å². The number of methoxy groups -OCH3 is 1. The average molecular weight is 285 g/mol. The van der Waals surface area contributed by atoms with Crippen molar-refractivity contribution in [2.75, 3.05) is 13.7 Å². The van der Waals surface area contributed by atoms with Crippen LogP contribution in [0.25, 0.3) is 0 Å². The van der Waals surface area contributed by atoms with Crippen molar-refractivity contribution >= 4 is 5.91 Å². The fourth-order valence-electron chi connectivity index (χ4n) is 2.07. The van der Waals surface area contributed by atoms with E-state index in [9.17, 15) is 9.90 Å². The number of carbonyl (C=O) groups excluding carboxylic acids is 1. The number of amides is 1. The zero-order chi connectivity index (χ0) is 15.1. The Labute approximate surface area is 124 Å². The van der Waals surface area contributed by atoms with Crippen LogP contribution in [0.15, 0.2) is 54.6 Å². The maximum absolute atomic E-state index is 12.1. The molecule has 0 spiro atoms. The van der Waals surface area contributed by atoms with E-state index in [2.05, 4.69) is 5.32 Å². The van der Waals surface area contributed by atoms with E-state index in [4.69, 9.17) is 4.74 Å². The Morgan fingerprint density at radius 3 is 2.38 bits per heavy atom. The van der Waals surface area contributed by atoms with E-state index >= 15 is 0 Å². The predicted octanol–water partition coefficient (Wildman–Crippen LogP) is 2.03. The van der Waals surface area contributed by atoms with Crippen LogP contribution < -0.4 is 10.1 Å². The predicted molar refractivity (Wildman–Crippen MR) is 81.5 cm³/mol. The SMILES string of the molecule is COc1ccc(CC(CO)NC(=O)c2ccccc2)cc1. The molecule has 0 fully saturated rings. The van der Waals surface area contributed by atoms with Crippen molar-refractivity contribution in [3.8, 4) is 5.75 Å². The van der Waals surface area contributed by atoms with E-state index in [0.29, 0.717) is 12.0 Å². The minimum atomic E-state index is -0.314. The van der Waals surface area contributed by atoms with E-state index in [1.54, 1.807) is 19.2 Å². The molecule has 0 aromatic heterocycles. The number of hydrogen-bond acceptors (Lipinski definition) is 3. The molecule has 110 valence electrons. The molecule has 2 N–H and O–H groups in total. The molecule has 1 atom stereocenters. The molecule has 0 saturated carbocycles. The van der Waals surface area contributed by atoms with Gasteiger partial charge in [-0.2, -0.15) is 0 Å².